The first kappa shape index (κ1) is 17.0. The Hall–Kier alpha value is -1.05. The maximum atomic E-state index is 11.8. The standard InChI is InChI=1S/C18H31NO/c1-4-5-6-7-8-9-10-11-13-19-14-12-17(15-19)18(20)16(2)3/h12,14-16H,4-11,13H2,1-3H3. The molecule has 0 N–H and O–H groups in total. The molecule has 0 bridgehead atoms. The van der Waals surface area contributed by atoms with Gasteiger partial charge in [0.25, 0.3) is 0 Å². The van der Waals surface area contributed by atoms with Crippen LogP contribution in [0.3, 0.4) is 0 Å². The number of Topliss-reactive ketones (excluding diaryl/α,β-unsaturated/α-hetero) is 1. The lowest BCUT2D eigenvalue weighted by atomic mass is 10.0. The highest BCUT2D eigenvalue weighted by Crippen LogP contribution is 2.12. The van der Waals surface area contributed by atoms with E-state index >= 15 is 0 Å². The monoisotopic (exact) mass is 277 g/mol. The van der Waals surface area contributed by atoms with E-state index in [4.69, 9.17) is 0 Å². The highest BCUT2D eigenvalue weighted by Gasteiger charge is 2.11. The number of carbonyl (C=O) groups excluding carboxylic acids is 1. The Morgan fingerprint density at radius 3 is 2.25 bits per heavy atom. The largest absolute Gasteiger partial charge is 0.354 e. The van der Waals surface area contributed by atoms with Crippen LogP contribution < -0.4 is 0 Å². The summed E-state index contributed by atoms with van der Waals surface area (Å²) in [5.41, 5.74) is 0.861. The second-order valence-electron chi connectivity index (χ2n) is 6.13. The van der Waals surface area contributed by atoms with Gasteiger partial charge in [0, 0.05) is 30.4 Å². The van der Waals surface area contributed by atoms with E-state index in [1.807, 2.05) is 32.3 Å². The fourth-order valence-electron chi connectivity index (χ4n) is 2.49. The maximum Gasteiger partial charge on any atom is 0.166 e. The van der Waals surface area contributed by atoms with E-state index in [0.717, 1.165) is 12.1 Å². The van der Waals surface area contributed by atoms with Crippen molar-refractivity contribution in [2.45, 2.75) is 78.7 Å². The van der Waals surface area contributed by atoms with Crippen molar-refractivity contribution in [2.75, 3.05) is 0 Å². The van der Waals surface area contributed by atoms with Crippen LogP contribution in [0.25, 0.3) is 0 Å². The fraction of sp³-hybridized carbons (Fsp3) is 0.722. The number of unbranched alkanes of at least 4 members (excludes halogenated alkanes) is 7. The molecule has 0 radical (unpaired) electrons. The Morgan fingerprint density at radius 1 is 1.05 bits per heavy atom. The molecule has 0 atom stereocenters. The van der Waals surface area contributed by atoms with Gasteiger partial charge in [-0.05, 0) is 12.5 Å². The number of aryl methyl sites for hydroxylation is 1. The highest BCUT2D eigenvalue weighted by atomic mass is 16.1. The zero-order valence-electron chi connectivity index (χ0n) is 13.5. The van der Waals surface area contributed by atoms with Gasteiger partial charge in [-0.2, -0.15) is 0 Å². The number of rotatable bonds is 11. The summed E-state index contributed by atoms with van der Waals surface area (Å²) < 4.78 is 2.16. The van der Waals surface area contributed by atoms with Gasteiger partial charge in [-0.25, -0.2) is 0 Å². The summed E-state index contributed by atoms with van der Waals surface area (Å²) in [4.78, 5) is 11.8. The predicted octanol–water partition coefficient (Wildman–Crippen LogP) is 5.47. The summed E-state index contributed by atoms with van der Waals surface area (Å²) in [5.74, 6) is 0.341. The number of ketones is 1. The molecule has 2 heteroatoms. The molecule has 0 saturated carbocycles. The van der Waals surface area contributed by atoms with Crippen LogP contribution in [-0.2, 0) is 6.54 Å². The fourth-order valence-corrected chi connectivity index (χ4v) is 2.49. The van der Waals surface area contributed by atoms with E-state index in [1.165, 1.54) is 51.4 Å². The van der Waals surface area contributed by atoms with E-state index < -0.39 is 0 Å². The Kier molecular flexibility index (Phi) is 8.32. The molecule has 1 heterocycles. The normalized spacial score (nSPS) is 11.2. The second-order valence-corrected chi connectivity index (χ2v) is 6.13. The lowest BCUT2D eigenvalue weighted by Gasteiger charge is -2.04. The predicted molar refractivity (Wildman–Crippen MR) is 86.2 cm³/mol. The molecule has 0 saturated heterocycles. The number of carbonyl (C=O) groups is 1. The van der Waals surface area contributed by atoms with Crippen LogP contribution in [-0.4, -0.2) is 10.4 Å². The van der Waals surface area contributed by atoms with Gasteiger partial charge in [-0.1, -0.05) is 65.7 Å². The zero-order chi connectivity index (χ0) is 14.8. The smallest absolute Gasteiger partial charge is 0.166 e. The van der Waals surface area contributed by atoms with Crippen molar-refractivity contribution in [1.29, 1.82) is 0 Å². The molecule has 0 aliphatic heterocycles. The second kappa shape index (κ2) is 9.79. The molecule has 0 amide bonds. The van der Waals surface area contributed by atoms with Crippen molar-refractivity contribution in [2.24, 2.45) is 5.92 Å². The Balaban J connectivity index is 2.12. The third-order valence-electron chi connectivity index (χ3n) is 3.83. The molecule has 0 fully saturated rings. The van der Waals surface area contributed by atoms with Crippen LogP contribution >= 0.6 is 0 Å². The summed E-state index contributed by atoms with van der Waals surface area (Å²) in [6.07, 6.45) is 14.8. The van der Waals surface area contributed by atoms with E-state index in [9.17, 15) is 4.79 Å². The number of hydrogen-bond acceptors (Lipinski definition) is 1. The zero-order valence-corrected chi connectivity index (χ0v) is 13.5. The molecule has 0 aromatic carbocycles. The average molecular weight is 277 g/mol. The van der Waals surface area contributed by atoms with Gasteiger partial charge in [0.05, 0.1) is 0 Å². The van der Waals surface area contributed by atoms with Crippen LogP contribution in [0, 0.1) is 5.92 Å². The molecule has 114 valence electrons. The first-order valence-electron chi connectivity index (χ1n) is 8.35. The third kappa shape index (κ3) is 6.40. The summed E-state index contributed by atoms with van der Waals surface area (Å²) in [6.45, 7) is 7.21. The van der Waals surface area contributed by atoms with Crippen molar-refractivity contribution in [3.05, 3.63) is 24.0 Å². The molecule has 1 rings (SSSR count). The topological polar surface area (TPSA) is 22.0 Å². The van der Waals surface area contributed by atoms with Crippen molar-refractivity contribution in [3.63, 3.8) is 0 Å². The Bertz CT molecular complexity index is 379. The number of hydrogen-bond donors (Lipinski definition) is 0. The van der Waals surface area contributed by atoms with E-state index in [2.05, 4.69) is 11.5 Å². The Morgan fingerprint density at radius 2 is 1.65 bits per heavy atom. The summed E-state index contributed by atoms with van der Waals surface area (Å²) in [6, 6.07) is 1.95. The highest BCUT2D eigenvalue weighted by molar-refractivity contribution is 5.97. The van der Waals surface area contributed by atoms with Crippen molar-refractivity contribution in [3.8, 4) is 0 Å². The van der Waals surface area contributed by atoms with Crippen LogP contribution in [0.5, 0.6) is 0 Å². The molecule has 1 aromatic heterocycles. The van der Waals surface area contributed by atoms with E-state index in [-0.39, 0.29) is 11.7 Å². The lowest BCUT2D eigenvalue weighted by Crippen LogP contribution is -2.06. The number of nitrogens with zero attached hydrogens (tertiary/aromatic N) is 1. The first-order valence-corrected chi connectivity index (χ1v) is 8.35. The van der Waals surface area contributed by atoms with Crippen molar-refractivity contribution in [1.82, 2.24) is 4.57 Å². The molecule has 0 aliphatic carbocycles. The van der Waals surface area contributed by atoms with Crippen molar-refractivity contribution >= 4 is 5.78 Å². The van der Waals surface area contributed by atoms with Gasteiger partial charge in [0.15, 0.2) is 5.78 Å². The summed E-state index contributed by atoms with van der Waals surface area (Å²) in [5, 5.41) is 0. The van der Waals surface area contributed by atoms with E-state index in [1.54, 1.807) is 0 Å². The number of aromatic nitrogens is 1. The molecule has 0 spiro atoms. The minimum Gasteiger partial charge on any atom is -0.354 e. The third-order valence-corrected chi connectivity index (χ3v) is 3.83. The molecule has 0 unspecified atom stereocenters. The van der Waals surface area contributed by atoms with Crippen molar-refractivity contribution < 1.29 is 4.79 Å². The van der Waals surface area contributed by atoms with Crippen LogP contribution in [0.2, 0.25) is 0 Å². The Labute approximate surface area is 124 Å². The lowest BCUT2D eigenvalue weighted by molar-refractivity contribution is 0.0939. The molecular weight excluding hydrogens is 246 g/mol. The van der Waals surface area contributed by atoms with Gasteiger partial charge in [0.2, 0.25) is 0 Å². The van der Waals surface area contributed by atoms with Gasteiger partial charge >= 0.3 is 0 Å². The average Bonchev–Trinajstić information content (AvgIpc) is 2.89. The quantitative estimate of drug-likeness (QED) is 0.388. The van der Waals surface area contributed by atoms with Crippen LogP contribution in [0.1, 0.15) is 82.5 Å². The SMILES string of the molecule is CCCCCCCCCCn1ccc(C(=O)C(C)C)c1. The minimum atomic E-state index is 0.0916. The van der Waals surface area contributed by atoms with Gasteiger partial charge < -0.3 is 4.57 Å². The molecule has 20 heavy (non-hydrogen) atoms. The molecule has 0 aliphatic rings. The van der Waals surface area contributed by atoms with Gasteiger partial charge in [-0.15, -0.1) is 0 Å². The summed E-state index contributed by atoms with van der Waals surface area (Å²) in [7, 11) is 0. The maximum absolute atomic E-state index is 11.8. The first-order chi connectivity index (χ1) is 9.65. The van der Waals surface area contributed by atoms with Gasteiger partial charge in [0.1, 0.15) is 0 Å². The van der Waals surface area contributed by atoms with Crippen LogP contribution in [0.4, 0.5) is 0 Å². The summed E-state index contributed by atoms with van der Waals surface area (Å²) >= 11 is 0. The molecular formula is C18H31NO. The minimum absolute atomic E-state index is 0.0916. The molecule has 2 nitrogen and oxygen atoms in total. The van der Waals surface area contributed by atoms with E-state index in [0.29, 0.717) is 0 Å². The molecule has 1 aromatic rings. The van der Waals surface area contributed by atoms with Crippen LogP contribution in [0.15, 0.2) is 18.5 Å². The van der Waals surface area contributed by atoms with Gasteiger partial charge in [-0.3, -0.25) is 4.79 Å².